The van der Waals surface area contributed by atoms with Gasteiger partial charge in [-0.05, 0) is 37.0 Å². The Balaban J connectivity index is 1.74. The second kappa shape index (κ2) is 5.65. The highest BCUT2D eigenvalue weighted by Gasteiger charge is 2.22. The van der Waals surface area contributed by atoms with Gasteiger partial charge in [0.05, 0.1) is 17.6 Å². The number of nitrogens with one attached hydrogen (secondary N) is 1. The molecule has 0 unspecified atom stereocenters. The highest BCUT2D eigenvalue weighted by Crippen LogP contribution is 2.39. The van der Waals surface area contributed by atoms with E-state index >= 15 is 0 Å². The van der Waals surface area contributed by atoms with Crippen LogP contribution in [0, 0.1) is 0 Å². The molecule has 0 aliphatic heterocycles. The van der Waals surface area contributed by atoms with Crippen molar-refractivity contribution in [2.24, 2.45) is 0 Å². The maximum Gasteiger partial charge on any atom is 0.139 e. The molecular formula is C17H18N4S. The molecule has 1 N–H and O–H groups in total. The van der Waals surface area contributed by atoms with Gasteiger partial charge in [-0.2, -0.15) is 0 Å². The molecule has 22 heavy (non-hydrogen) atoms. The van der Waals surface area contributed by atoms with Gasteiger partial charge in [0.15, 0.2) is 0 Å². The highest BCUT2D eigenvalue weighted by molar-refractivity contribution is 7.19. The molecular weight excluding hydrogens is 292 g/mol. The number of rotatable bonds is 4. The minimum atomic E-state index is 0.695. The van der Waals surface area contributed by atoms with E-state index in [0.29, 0.717) is 6.54 Å². The number of thiophene rings is 1. The molecule has 0 radical (unpaired) electrons. The first-order valence-corrected chi connectivity index (χ1v) is 8.61. The minimum absolute atomic E-state index is 0.695. The van der Waals surface area contributed by atoms with Crippen LogP contribution in [0.5, 0.6) is 0 Å². The highest BCUT2D eigenvalue weighted by atomic mass is 32.1. The fourth-order valence-corrected chi connectivity index (χ4v) is 4.28. The largest absolute Gasteiger partial charge is 0.364 e. The van der Waals surface area contributed by atoms with Crippen LogP contribution in [0.1, 0.15) is 35.3 Å². The summed E-state index contributed by atoms with van der Waals surface area (Å²) in [5.41, 5.74) is 2.49. The van der Waals surface area contributed by atoms with Crippen molar-refractivity contribution < 1.29 is 0 Å². The number of pyridine rings is 1. The Bertz CT molecular complexity index is 810. The van der Waals surface area contributed by atoms with E-state index in [-0.39, 0.29) is 0 Å². The molecule has 4 nitrogen and oxygen atoms in total. The van der Waals surface area contributed by atoms with Crippen LogP contribution in [0.15, 0.2) is 24.4 Å². The maximum atomic E-state index is 4.74. The Kier molecular flexibility index (Phi) is 3.50. The number of hydrogen-bond donors (Lipinski definition) is 1. The molecule has 112 valence electrons. The number of fused-ring (bicyclic) bond motifs is 3. The summed E-state index contributed by atoms with van der Waals surface area (Å²) in [4.78, 5) is 16.5. The van der Waals surface area contributed by atoms with E-state index < -0.39 is 0 Å². The third kappa shape index (κ3) is 2.35. The van der Waals surface area contributed by atoms with Crippen molar-refractivity contribution in [2.45, 2.75) is 39.2 Å². The van der Waals surface area contributed by atoms with Crippen LogP contribution in [0.2, 0.25) is 0 Å². The summed E-state index contributed by atoms with van der Waals surface area (Å²) >= 11 is 1.85. The van der Waals surface area contributed by atoms with E-state index in [1.54, 1.807) is 0 Å². The molecule has 3 aromatic heterocycles. The van der Waals surface area contributed by atoms with Crippen LogP contribution in [-0.2, 0) is 25.8 Å². The van der Waals surface area contributed by atoms with Gasteiger partial charge in [0.2, 0.25) is 0 Å². The van der Waals surface area contributed by atoms with Crippen LogP contribution in [0.3, 0.4) is 0 Å². The molecule has 0 fully saturated rings. The van der Waals surface area contributed by atoms with E-state index in [4.69, 9.17) is 9.97 Å². The normalized spacial score (nSPS) is 13.5. The lowest BCUT2D eigenvalue weighted by Gasteiger charge is -2.09. The smallest absolute Gasteiger partial charge is 0.139 e. The van der Waals surface area contributed by atoms with Crippen molar-refractivity contribution in [3.05, 3.63) is 46.4 Å². The van der Waals surface area contributed by atoms with Crippen LogP contribution >= 0.6 is 11.3 Å². The Morgan fingerprint density at radius 1 is 1.23 bits per heavy atom. The average Bonchev–Trinajstić information content (AvgIpc) is 3.13. The van der Waals surface area contributed by atoms with Gasteiger partial charge in [-0.15, -0.1) is 11.3 Å². The standard InChI is InChI=1S/C17H18N4S/c1-2-14-20-16(19-10-11-6-3-4-9-18-11)15-12-7-5-8-13(12)22-17(15)21-14/h3-4,6,9H,2,5,7-8,10H2,1H3,(H,19,20,21). The maximum absolute atomic E-state index is 4.74. The zero-order valence-electron chi connectivity index (χ0n) is 12.6. The van der Waals surface area contributed by atoms with Crippen LogP contribution < -0.4 is 5.32 Å². The van der Waals surface area contributed by atoms with Crippen molar-refractivity contribution in [2.75, 3.05) is 5.32 Å². The number of nitrogens with zero attached hydrogens (tertiary/aromatic N) is 3. The molecule has 3 aromatic rings. The number of aromatic nitrogens is 3. The molecule has 3 heterocycles. The Labute approximate surface area is 133 Å². The number of hydrogen-bond acceptors (Lipinski definition) is 5. The summed E-state index contributed by atoms with van der Waals surface area (Å²) < 4.78 is 0. The zero-order chi connectivity index (χ0) is 14.9. The molecule has 0 bridgehead atoms. The molecule has 0 spiro atoms. The van der Waals surface area contributed by atoms with Crippen molar-refractivity contribution >= 4 is 27.4 Å². The second-order valence-corrected chi connectivity index (χ2v) is 6.64. The zero-order valence-corrected chi connectivity index (χ0v) is 13.4. The van der Waals surface area contributed by atoms with Crippen LogP contribution in [-0.4, -0.2) is 15.0 Å². The van der Waals surface area contributed by atoms with Gasteiger partial charge in [0.1, 0.15) is 16.5 Å². The fourth-order valence-electron chi connectivity index (χ4n) is 3.00. The average molecular weight is 310 g/mol. The molecule has 0 saturated heterocycles. The number of anilines is 1. The van der Waals surface area contributed by atoms with E-state index in [0.717, 1.165) is 35.0 Å². The van der Waals surface area contributed by atoms with Crippen molar-refractivity contribution in [1.82, 2.24) is 15.0 Å². The van der Waals surface area contributed by atoms with Crippen LogP contribution in [0.4, 0.5) is 5.82 Å². The summed E-state index contributed by atoms with van der Waals surface area (Å²) in [6.45, 7) is 2.80. The first-order chi connectivity index (χ1) is 10.8. The van der Waals surface area contributed by atoms with Crippen molar-refractivity contribution in [1.29, 1.82) is 0 Å². The first-order valence-electron chi connectivity index (χ1n) is 7.80. The lowest BCUT2D eigenvalue weighted by molar-refractivity contribution is 0.914. The summed E-state index contributed by atoms with van der Waals surface area (Å²) in [6, 6.07) is 5.98. The third-order valence-corrected chi connectivity index (χ3v) is 5.28. The van der Waals surface area contributed by atoms with Crippen molar-refractivity contribution in [3.8, 4) is 0 Å². The summed E-state index contributed by atoms with van der Waals surface area (Å²) in [7, 11) is 0. The molecule has 0 saturated carbocycles. The summed E-state index contributed by atoms with van der Waals surface area (Å²) in [5.74, 6) is 1.89. The molecule has 0 amide bonds. The third-order valence-electron chi connectivity index (χ3n) is 4.09. The van der Waals surface area contributed by atoms with Gasteiger partial charge in [0.25, 0.3) is 0 Å². The van der Waals surface area contributed by atoms with Crippen LogP contribution in [0.25, 0.3) is 10.2 Å². The quantitative estimate of drug-likeness (QED) is 0.797. The lowest BCUT2D eigenvalue weighted by Crippen LogP contribution is -2.06. The number of aryl methyl sites for hydroxylation is 3. The summed E-state index contributed by atoms with van der Waals surface area (Å²) in [6.07, 6.45) is 6.29. The molecule has 1 aliphatic carbocycles. The van der Waals surface area contributed by atoms with Gasteiger partial charge in [0, 0.05) is 17.5 Å². The van der Waals surface area contributed by atoms with Crippen molar-refractivity contribution in [3.63, 3.8) is 0 Å². The van der Waals surface area contributed by atoms with Gasteiger partial charge >= 0.3 is 0 Å². The predicted molar refractivity (Wildman–Crippen MR) is 90.4 cm³/mol. The monoisotopic (exact) mass is 310 g/mol. The molecule has 0 atom stereocenters. The topological polar surface area (TPSA) is 50.7 Å². The molecule has 1 aliphatic rings. The Morgan fingerprint density at radius 2 is 2.18 bits per heavy atom. The van der Waals surface area contributed by atoms with Gasteiger partial charge < -0.3 is 5.32 Å². The van der Waals surface area contributed by atoms with Gasteiger partial charge in [-0.3, -0.25) is 4.98 Å². The van der Waals surface area contributed by atoms with E-state index in [2.05, 4.69) is 17.2 Å². The first kappa shape index (κ1) is 13.6. The van der Waals surface area contributed by atoms with E-state index in [1.807, 2.05) is 35.7 Å². The second-order valence-electron chi connectivity index (χ2n) is 5.55. The van der Waals surface area contributed by atoms with E-state index in [1.165, 1.54) is 28.7 Å². The Morgan fingerprint density at radius 3 is 3.00 bits per heavy atom. The lowest BCUT2D eigenvalue weighted by atomic mass is 10.2. The fraction of sp³-hybridized carbons (Fsp3) is 0.353. The molecule has 5 heteroatoms. The van der Waals surface area contributed by atoms with Gasteiger partial charge in [-0.25, -0.2) is 9.97 Å². The summed E-state index contributed by atoms with van der Waals surface area (Å²) in [5, 5.41) is 4.73. The Hall–Kier alpha value is -2.01. The van der Waals surface area contributed by atoms with Gasteiger partial charge in [-0.1, -0.05) is 13.0 Å². The SMILES string of the molecule is CCc1nc(NCc2ccccn2)c2c3c(sc2n1)CCC3. The van der Waals surface area contributed by atoms with E-state index in [9.17, 15) is 0 Å². The predicted octanol–water partition coefficient (Wildman–Crippen LogP) is 3.75. The molecule has 4 rings (SSSR count). The molecule has 0 aromatic carbocycles. The minimum Gasteiger partial charge on any atom is -0.364 e.